The molecule has 0 heterocycles. The Morgan fingerprint density at radius 1 is 0.875 bits per heavy atom. The van der Waals surface area contributed by atoms with Crippen LogP contribution in [0.2, 0.25) is 0 Å². The highest BCUT2D eigenvalue weighted by molar-refractivity contribution is 6.18. The summed E-state index contributed by atoms with van der Waals surface area (Å²) in [5, 5.41) is 0. The lowest BCUT2D eigenvalue weighted by Gasteiger charge is -2.10. The van der Waals surface area contributed by atoms with Crippen LogP contribution in [-0.2, 0) is 0 Å². The Hall–Kier alpha value is -1.47. The van der Waals surface area contributed by atoms with Gasteiger partial charge in [0.25, 0.3) is 0 Å². The molecule has 0 N–H and O–H groups in total. The van der Waals surface area contributed by atoms with Crippen LogP contribution in [0.3, 0.4) is 0 Å². The number of alkyl halides is 1. The number of rotatable bonds is 4. The summed E-state index contributed by atoms with van der Waals surface area (Å²) < 4.78 is 5.61. The van der Waals surface area contributed by atoms with E-state index in [-0.39, 0.29) is 0 Å². The van der Waals surface area contributed by atoms with Crippen molar-refractivity contribution in [1.29, 1.82) is 0 Å². The lowest BCUT2D eigenvalue weighted by Crippen LogP contribution is -1.99. The molecule has 2 heteroatoms. The average molecular weight is 233 g/mol. The molecular formula is C14H13ClO. The van der Waals surface area contributed by atoms with Gasteiger partial charge in [-0.25, -0.2) is 0 Å². The van der Waals surface area contributed by atoms with Gasteiger partial charge in [0, 0.05) is 5.56 Å². The van der Waals surface area contributed by atoms with Crippen LogP contribution in [-0.4, -0.2) is 12.5 Å². The summed E-state index contributed by atoms with van der Waals surface area (Å²) >= 11 is 5.62. The largest absolute Gasteiger partial charge is 0.492 e. The Labute approximate surface area is 101 Å². The number of hydrogen-bond donors (Lipinski definition) is 0. The summed E-state index contributed by atoms with van der Waals surface area (Å²) in [5.41, 5.74) is 2.26. The predicted molar refractivity (Wildman–Crippen MR) is 68.1 cm³/mol. The van der Waals surface area contributed by atoms with E-state index < -0.39 is 0 Å². The van der Waals surface area contributed by atoms with Gasteiger partial charge < -0.3 is 4.74 Å². The standard InChI is InChI=1S/C14H13ClO/c15-10-11-16-14-9-5-4-8-13(14)12-6-2-1-3-7-12/h1-9H,10-11H2. The molecule has 1 nitrogen and oxygen atoms in total. The molecule has 82 valence electrons. The Morgan fingerprint density at radius 2 is 1.56 bits per heavy atom. The van der Waals surface area contributed by atoms with Gasteiger partial charge in [-0.1, -0.05) is 48.5 Å². The van der Waals surface area contributed by atoms with Crippen molar-refractivity contribution < 1.29 is 4.74 Å². The summed E-state index contributed by atoms with van der Waals surface area (Å²) in [7, 11) is 0. The molecule has 0 radical (unpaired) electrons. The molecule has 0 bridgehead atoms. The van der Waals surface area contributed by atoms with E-state index in [2.05, 4.69) is 18.2 Å². The van der Waals surface area contributed by atoms with Crippen LogP contribution in [0.15, 0.2) is 54.6 Å². The molecule has 0 amide bonds. The van der Waals surface area contributed by atoms with Crippen molar-refractivity contribution in [2.24, 2.45) is 0 Å². The van der Waals surface area contributed by atoms with Crippen molar-refractivity contribution >= 4 is 11.6 Å². The summed E-state index contributed by atoms with van der Waals surface area (Å²) in [6.45, 7) is 0.533. The fraction of sp³-hybridized carbons (Fsp3) is 0.143. The maximum Gasteiger partial charge on any atom is 0.127 e. The number of halogens is 1. The van der Waals surface area contributed by atoms with Crippen molar-refractivity contribution in [3.05, 3.63) is 54.6 Å². The van der Waals surface area contributed by atoms with E-state index >= 15 is 0 Å². The quantitative estimate of drug-likeness (QED) is 0.725. The highest BCUT2D eigenvalue weighted by Crippen LogP contribution is 2.29. The molecule has 0 saturated heterocycles. The molecule has 2 rings (SSSR count). The van der Waals surface area contributed by atoms with E-state index in [9.17, 15) is 0 Å². The van der Waals surface area contributed by atoms with E-state index in [1.807, 2.05) is 36.4 Å². The molecule has 0 aliphatic rings. The summed E-state index contributed by atoms with van der Waals surface area (Å²) in [6.07, 6.45) is 0. The van der Waals surface area contributed by atoms with Crippen LogP contribution in [0.1, 0.15) is 0 Å². The van der Waals surface area contributed by atoms with Gasteiger partial charge in [0.1, 0.15) is 12.4 Å². The third kappa shape index (κ3) is 2.56. The van der Waals surface area contributed by atoms with Gasteiger partial charge in [-0.15, -0.1) is 11.6 Å². The zero-order valence-electron chi connectivity index (χ0n) is 8.90. The third-order valence-corrected chi connectivity index (χ3v) is 2.46. The monoisotopic (exact) mass is 232 g/mol. The maximum atomic E-state index is 5.62. The molecule has 0 spiro atoms. The Balaban J connectivity index is 2.33. The Bertz CT molecular complexity index is 439. The molecule has 0 saturated carbocycles. The van der Waals surface area contributed by atoms with Crippen molar-refractivity contribution in [1.82, 2.24) is 0 Å². The number of hydrogen-bond acceptors (Lipinski definition) is 1. The maximum absolute atomic E-state index is 5.62. The molecule has 2 aromatic carbocycles. The van der Waals surface area contributed by atoms with Crippen LogP contribution >= 0.6 is 11.6 Å². The van der Waals surface area contributed by atoms with Gasteiger partial charge in [-0.05, 0) is 11.6 Å². The van der Waals surface area contributed by atoms with Gasteiger partial charge in [0.2, 0.25) is 0 Å². The molecule has 0 aliphatic carbocycles. The molecule has 16 heavy (non-hydrogen) atoms. The molecule has 0 aromatic heterocycles. The molecule has 0 aliphatic heterocycles. The van der Waals surface area contributed by atoms with Gasteiger partial charge in [0.15, 0.2) is 0 Å². The van der Waals surface area contributed by atoms with Gasteiger partial charge in [-0.2, -0.15) is 0 Å². The van der Waals surface area contributed by atoms with E-state index in [1.54, 1.807) is 0 Å². The first-order valence-corrected chi connectivity index (χ1v) is 5.78. The molecule has 0 atom stereocenters. The summed E-state index contributed by atoms with van der Waals surface area (Å²) in [5.74, 6) is 1.39. The minimum atomic E-state index is 0.503. The van der Waals surface area contributed by atoms with Gasteiger partial charge in [-0.3, -0.25) is 0 Å². The first-order valence-electron chi connectivity index (χ1n) is 5.25. The lowest BCUT2D eigenvalue weighted by molar-refractivity contribution is 0.344. The highest BCUT2D eigenvalue weighted by atomic mass is 35.5. The number of ether oxygens (including phenoxy) is 1. The summed E-state index contributed by atoms with van der Waals surface area (Å²) in [6, 6.07) is 18.2. The van der Waals surface area contributed by atoms with E-state index in [1.165, 1.54) is 0 Å². The smallest absolute Gasteiger partial charge is 0.127 e. The second kappa shape index (κ2) is 5.57. The van der Waals surface area contributed by atoms with E-state index in [4.69, 9.17) is 16.3 Å². The first-order chi connectivity index (χ1) is 7.92. The minimum absolute atomic E-state index is 0.503. The van der Waals surface area contributed by atoms with Crippen molar-refractivity contribution in [2.75, 3.05) is 12.5 Å². The SMILES string of the molecule is ClCCOc1ccccc1-c1ccccc1. The molecular weight excluding hydrogens is 220 g/mol. The second-order valence-electron chi connectivity index (χ2n) is 3.40. The number of para-hydroxylation sites is 1. The van der Waals surface area contributed by atoms with E-state index in [0.29, 0.717) is 12.5 Å². The Kier molecular flexibility index (Phi) is 3.84. The summed E-state index contributed by atoms with van der Waals surface area (Å²) in [4.78, 5) is 0. The number of benzene rings is 2. The second-order valence-corrected chi connectivity index (χ2v) is 3.78. The van der Waals surface area contributed by atoms with E-state index in [0.717, 1.165) is 16.9 Å². The van der Waals surface area contributed by atoms with Crippen LogP contribution in [0.4, 0.5) is 0 Å². The average Bonchev–Trinajstić information content (AvgIpc) is 2.38. The topological polar surface area (TPSA) is 9.23 Å². The first kappa shape index (κ1) is 11.0. The lowest BCUT2D eigenvalue weighted by atomic mass is 10.1. The van der Waals surface area contributed by atoms with Crippen LogP contribution < -0.4 is 4.74 Å². The fourth-order valence-electron chi connectivity index (χ4n) is 1.60. The molecule has 0 fully saturated rings. The highest BCUT2D eigenvalue weighted by Gasteiger charge is 2.04. The van der Waals surface area contributed by atoms with Crippen LogP contribution in [0.5, 0.6) is 5.75 Å². The molecule has 2 aromatic rings. The van der Waals surface area contributed by atoms with Crippen LogP contribution in [0.25, 0.3) is 11.1 Å². The van der Waals surface area contributed by atoms with Gasteiger partial charge >= 0.3 is 0 Å². The molecule has 0 unspecified atom stereocenters. The van der Waals surface area contributed by atoms with Crippen molar-refractivity contribution in [3.8, 4) is 16.9 Å². The van der Waals surface area contributed by atoms with Crippen LogP contribution in [0, 0.1) is 0 Å². The third-order valence-electron chi connectivity index (χ3n) is 2.31. The fourth-order valence-corrected chi connectivity index (χ4v) is 1.67. The van der Waals surface area contributed by atoms with Crippen molar-refractivity contribution in [3.63, 3.8) is 0 Å². The van der Waals surface area contributed by atoms with Crippen molar-refractivity contribution in [2.45, 2.75) is 0 Å². The zero-order chi connectivity index (χ0) is 11.2. The Morgan fingerprint density at radius 3 is 2.31 bits per heavy atom. The minimum Gasteiger partial charge on any atom is -0.492 e. The normalized spacial score (nSPS) is 10.1. The van der Waals surface area contributed by atoms with Gasteiger partial charge in [0.05, 0.1) is 5.88 Å². The zero-order valence-corrected chi connectivity index (χ0v) is 9.65. The predicted octanol–water partition coefficient (Wildman–Crippen LogP) is 3.97.